The van der Waals surface area contributed by atoms with Crippen LogP contribution in [0.4, 0.5) is 0 Å². The Morgan fingerprint density at radius 3 is 1.86 bits per heavy atom. The fourth-order valence-corrected chi connectivity index (χ4v) is 3.88. The number of hydrogen-bond donors (Lipinski definition) is 0. The van der Waals surface area contributed by atoms with E-state index in [2.05, 4.69) is 0 Å². The fraction of sp³-hybridized carbons (Fsp3) is 0.276. The Balaban J connectivity index is 1.67. The summed E-state index contributed by atoms with van der Waals surface area (Å²) in [5.41, 5.74) is 4.50. The summed E-state index contributed by atoms with van der Waals surface area (Å²) in [6.07, 6.45) is 9.73. The minimum atomic E-state index is -0.758. The largest absolute Gasteiger partial charge is 0.493 e. The monoisotopic (exact) mass is 489 g/mol. The normalized spacial score (nSPS) is 14.4. The van der Waals surface area contributed by atoms with Crippen LogP contribution in [0.5, 0.6) is 28.7 Å². The number of benzene rings is 2. The maximum Gasteiger partial charge on any atom is 0.205 e. The molecule has 1 aliphatic heterocycles. The lowest BCUT2D eigenvalue weighted by atomic mass is 10.0. The van der Waals surface area contributed by atoms with Crippen molar-refractivity contribution in [2.75, 3.05) is 28.4 Å². The van der Waals surface area contributed by atoms with Gasteiger partial charge in [0.1, 0.15) is 5.69 Å². The van der Waals surface area contributed by atoms with Crippen LogP contribution in [0.2, 0.25) is 0 Å². The molecule has 0 saturated heterocycles. The molecule has 2 aromatic carbocycles. The van der Waals surface area contributed by atoms with Gasteiger partial charge in [-0.15, -0.1) is 0 Å². The molecule has 0 atom stereocenters. The van der Waals surface area contributed by atoms with Gasteiger partial charge in [0.05, 0.1) is 35.0 Å². The fourth-order valence-electron chi connectivity index (χ4n) is 3.88. The molecule has 0 saturated carbocycles. The molecule has 36 heavy (non-hydrogen) atoms. The molecule has 0 amide bonds. The summed E-state index contributed by atoms with van der Waals surface area (Å²) in [5.74, 6) is 2.64. The minimum Gasteiger partial charge on any atom is -0.493 e. The molecule has 2 heterocycles. The van der Waals surface area contributed by atoms with E-state index < -0.39 is 5.79 Å². The second-order valence-corrected chi connectivity index (χ2v) is 8.59. The topological polar surface area (TPSA) is 68.3 Å². The maximum atomic E-state index is 6.23. The van der Waals surface area contributed by atoms with Crippen molar-refractivity contribution in [1.82, 2.24) is 4.98 Å². The molecule has 0 unspecified atom stereocenters. The number of rotatable bonds is 8. The smallest absolute Gasteiger partial charge is 0.205 e. The third-order valence-corrected chi connectivity index (χ3v) is 5.81. The van der Waals surface area contributed by atoms with Crippen LogP contribution in [-0.2, 0) is 11.3 Å². The third kappa shape index (κ3) is 5.47. The van der Waals surface area contributed by atoms with Crippen LogP contribution < -0.4 is 23.7 Å². The highest BCUT2D eigenvalue weighted by Crippen LogP contribution is 2.37. The van der Waals surface area contributed by atoms with E-state index in [1.165, 1.54) is 0 Å². The molecule has 1 aliphatic rings. The molecule has 3 aromatic rings. The van der Waals surface area contributed by atoms with E-state index in [0.717, 1.165) is 27.9 Å². The van der Waals surface area contributed by atoms with E-state index >= 15 is 0 Å². The van der Waals surface area contributed by atoms with Crippen LogP contribution in [-0.4, -0.2) is 39.2 Å². The Labute approximate surface area is 211 Å². The Morgan fingerprint density at radius 2 is 1.31 bits per heavy atom. The first-order valence-corrected chi connectivity index (χ1v) is 11.5. The van der Waals surface area contributed by atoms with Crippen LogP contribution in [0.15, 0.2) is 42.6 Å². The number of nitrogens with zero attached hydrogens (tertiary/aromatic N) is 1. The molecule has 188 valence electrons. The summed E-state index contributed by atoms with van der Waals surface area (Å²) < 4.78 is 33.7. The van der Waals surface area contributed by atoms with E-state index in [0.29, 0.717) is 35.4 Å². The molecule has 4 rings (SSSR count). The van der Waals surface area contributed by atoms with Gasteiger partial charge < -0.3 is 28.4 Å². The Morgan fingerprint density at radius 1 is 0.750 bits per heavy atom. The van der Waals surface area contributed by atoms with Crippen LogP contribution in [0, 0.1) is 0 Å². The van der Waals surface area contributed by atoms with Crippen LogP contribution in [0.25, 0.3) is 24.3 Å². The summed E-state index contributed by atoms with van der Waals surface area (Å²) in [4.78, 5) is 4.70. The van der Waals surface area contributed by atoms with Crippen molar-refractivity contribution in [3.05, 3.63) is 70.5 Å². The minimum absolute atomic E-state index is 0.410. The predicted molar refractivity (Wildman–Crippen MR) is 141 cm³/mol. The summed E-state index contributed by atoms with van der Waals surface area (Å²) in [5, 5.41) is 0. The van der Waals surface area contributed by atoms with E-state index in [1.807, 2.05) is 80.7 Å². The molecule has 0 spiro atoms. The zero-order valence-corrected chi connectivity index (χ0v) is 21.5. The molecule has 1 aromatic heterocycles. The van der Waals surface area contributed by atoms with Crippen molar-refractivity contribution < 1.29 is 28.4 Å². The lowest BCUT2D eigenvalue weighted by molar-refractivity contribution is -0.180. The number of ether oxygens (including phenoxy) is 6. The van der Waals surface area contributed by atoms with Gasteiger partial charge in [-0.2, -0.15) is 0 Å². The Kier molecular flexibility index (Phi) is 7.50. The van der Waals surface area contributed by atoms with Crippen molar-refractivity contribution in [3.8, 4) is 28.7 Å². The average Bonchev–Trinajstić information content (AvgIpc) is 2.89. The SMILES string of the molecule is COc1ccc(C=Cc2cnc(C=Cc3ccc(OC)c(OC)c3)c3c2COC(C)(C)O3)cc1OC. The maximum absolute atomic E-state index is 6.23. The number of hydrogen-bond acceptors (Lipinski definition) is 7. The van der Waals surface area contributed by atoms with Crippen molar-refractivity contribution >= 4 is 24.3 Å². The van der Waals surface area contributed by atoms with E-state index in [-0.39, 0.29) is 0 Å². The quantitative estimate of drug-likeness (QED) is 0.379. The zero-order valence-electron chi connectivity index (χ0n) is 21.5. The van der Waals surface area contributed by atoms with Crippen molar-refractivity contribution in [2.24, 2.45) is 0 Å². The summed E-state index contributed by atoms with van der Waals surface area (Å²) in [6.45, 7) is 4.20. The van der Waals surface area contributed by atoms with Gasteiger partial charge in [0, 0.05) is 31.2 Å². The van der Waals surface area contributed by atoms with Gasteiger partial charge >= 0.3 is 0 Å². The number of pyridine rings is 1. The lowest BCUT2D eigenvalue weighted by Crippen LogP contribution is -2.36. The molecule has 0 N–H and O–H groups in total. The highest BCUT2D eigenvalue weighted by atomic mass is 16.7. The van der Waals surface area contributed by atoms with Crippen LogP contribution in [0.1, 0.15) is 41.8 Å². The molecular formula is C29H31NO6. The number of aromatic nitrogens is 1. The summed E-state index contributed by atoms with van der Waals surface area (Å²) >= 11 is 0. The van der Waals surface area contributed by atoms with E-state index in [1.54, 1.807) is 28.4 Å². The zero-order chi connectivity index (χ0) is 25.7. The summed E-state index contributed by atoms with van der Waals surface area (Å²) in [6, 6.07) is 11.5. The first-order valence-electron chi connectivity index (χ1n) is 11.5. The Hall–Kier alpha value is -3.97. The summed E-state index contributed by atoms with van der Waals surface area (Å²) in [7, 11) is 6.48. The van der Waals surface area contributed by atoms with E-state index in [9.17, 15) is 0 Å². The average molecular weight is 490 g/mol. The highest BCUT2D eigenvalue weighted by Gasteiger charge is 2.30. The predicted octanol–water partition coefficient (Wildman–Crippen LogP) is 6.10. The highest BCUT2D eigenvalue weighted by molar-refractivity contribution is 5.77. The van der Waals surface area contributed by atoms with Crippen LogP contribution >= 0.6 is 0 Å². The first kappa shape index (κ1) is 25.1. The molecule has 0 bridgehead atoms. The standard InChI is InChI=1S/C29H31NO6/c1-29(2)35-18-22-21(11-7-19-9-13-24(31-3)26(15-19)33-5)17-30-23(28(22)36-29)12-8-20-10-14-25(32-4)27(16-20)34-6/h7-17H,18H2,1-6H3. The third-order valence-electron chi connectivity index (χ3n) is 5.81. The van der Waals surface area contributed by atoms with Crippen molar-refractivity contribution in [2.45, 2.75) is 26.2 Å². The molecule has 0 aliphatic carbocycles. The van der Waals surface area contributed by atoms with E-state index in [4.69, 9.17) is 33.4 Å². The van der Waals surface area contributed by atoms with Crippen molar-refractivity contribution in [3.63, 3.8) is 0 Å². The van der Waals surface area contributed by atoms with Gasteiger partial charge in [0.25, 0.3) is 0 Å². The van der Waals surface area contributed by atoms with Gasteiger partial charge in [0.2, 0.25) is 5.79 Å². The van der Waals surface area contributed by atoms with Gasteiger partial charge in [-0.05, 0) is 41.5 Å². The molecular weight excluding hydrogens is 458 g/mol. The van der Waals surface area contributed by atoms with Gasteiger partial charge in [-0.1, -0.05) is 30.4 Å². The van der Waals surface area contributed by atoms with Crippen molar-refractivity contribution in [1.29, 1.82) is 0 Å². The van der Waals surface area contributed by atoms with Gasteiger partial charge in [-0.25, -0.2) is 0 Å². The lowest BCUT2D eigenvalue weighted by Gasteiger charge is -2.33. The van der Waals surface area contributed by atoms with Gasteiger partial charge in [0.15, 0.2) is 28.7 Å². The number of methoxy groups -OCH3 is 4. The molecule has 0 radical (unpaired) electrons. The second kappa shape index (κ2) is 10.7. The molecule has 7 nitrogen and oxygen atoms in total. The molecule has 7 heteroatoms. The van der Waals surface area contributed by atoms with Crippen LogP contribution in [0.3, 0.4) is 0 Å². The first-order chi connectivity index (χ1) is 17.4. The second-order valence-electron chi connectivity index (χ2n) is 8.59. The van der Waals surface area contributed by atoms with Gasteiger partial charge in [-0.3, -0.25) is 4.98 Å². The number of fused-ring (bicyclic) bond motifs is 1. The Bertz CT molecular complexity index is 1300. The molecule has 0 fully saturated rings.